The summed E-state index contributed by atoms with van der Waals surface area (Å²) in [5.41, 5.74) is 13.8. The minimum absolute atomic E-state index is 0.0836. The Kier molecular flexibility index (Phi) is 8.40. The normalized spacial score (nSPS) is 17.1. The first-order valence-corrected chi connectivity index (χ1v) is 17.6. The van der Waals surface area contributed by atoms with Crippen LogP contribution in [0.2, 0.25) is 0 Å². The zero-order valence-electron chi connectivity index (χ0n) is 29.3. The number of pyridine rings is 2. The van der Waals surface area contributed by atoms with Gasteiger partial charge in [0.15, 0.2) is 0 Å². The number of carbonyl (C=O) groups excluding carboxylic acids is 5. The minimum atomic E-state index is -0.703. The number of benzene rings is 2. The Morgan fingerprint density at radius 3 is 2.64 bits per heavy atom. The van der Waals surface area contributed by atoms with Gasteiger partial charge in [0.25, 0.3) is 11.8 Å². The number of hydrogen-bond acceptors (Lipinski definition) is 8. The van der Waals surface area contributed by atoms with Crippen molar-refractivity contribution in [2.45, 2.75) is 58.2 Å². The number of carbonyl (C=O) groups is 5. The number of rotatable bonds is 8. The number of allylic oxidation sites excluding steroid dienone is 1. The van der Waals surface area contributed by atoms with Gasteiger partial charge < -0.3 is 15.5 Å². The van der Waals surface area contributed by atoms with Crippen molar-refractivity contribution >= 4 is 46.4 Å². The van der Waals surface area contributed by atoms with E-state index in [9.17, 15) is 24.0 Å². The fraction of sp³-hybridized carbons (Fsp3) is 0.250. The molecule has 13 heteroatoms. The summed E-state index contributed by atoms with van der Waals surface area (Å²) >= 11 is 0. The number of fused-ring (bicyclic) bond motifs is 3. The maximum atomic E-state index is 13.3. The second-order valence-corrected chi connectivity index (χ2v) is 13.6. The Morgan fingerprint density at radius 1 is 1.02 bits per heavy atom. The van der Waals surface area contributed by atoms with E-state index in [0.717, 1.165) is 51.0 Å². The first kappa shape index (κ1) is 33.6. The van der Waals surface area contributed by atoms with Gasteiger partial charge in [-0.25, -0.2) is 4.68 Å². The number of nitrogens with two attached hydrogens (primary N) is 1. The fourth-order valence-corrected chi connectivity index (χ4v) is 7.59. The van der Waals surface area contributed by atoms with Crippen molar-refractivity contribution in [1.29, 1.82) is 0 Å². The van der Waals surface area contributed by atoms with Crippen LogP contribution in [0.15, 0.2) is 67.0 Å². The molecule has 1 atom stereocenters. The molecule has 3 aromatic heterocycles. The van der Waals surface area contributed by atoms with Crippen LogP contribution in [0.25, 0.3) is 33.8 Å². The van der Waals surface area contributed by atoms with Crippen molar-refractivity contribution in [2.75, 3.05) is 7.05 Å². The van der Waals surface area contributed by atoms with Gasteiger partial charge in [0.2, 0.25) is 17.7 Å². The highest BCUT2D eigenvalue weighted by molar-refractivity contribution is 6.06. The summed E-state index contributed by atoms with van der Waals surface area (Å²) in [6.45, 7) is 2.77. The van der Waals surface area contributed by atoms with Gasteiger partial charge in [0.1, 0.15) is 11.7 Å². The number of primary amides is 1. The molecule has 8 rings (SSSR count). The predicted molar refractivity (Wildman–Crippen MR) is 195 cm³/mol. The van der Waals surface area contributed by atoms with Crippen molar-refractivity contribution in [3.63, 3.8) is 0 Å². The number of likely N-dealkylation sites (N-methyl/N-ethyl adjacent to an activating group) is 1. The molecule has 0 saturated carbocycles. The lowest BCUT2D eigenvalue weighted by Gasteiger charge is -2.29. The van der Waals surface area contributed by atoms with Gasteiger partial charge in [-0.2, -0.15) is 5.10 Å². The molecule has 2 aromatic carbocycles. The van der Waals surface area contributed by atoms with Crippen LogP contribution in [0.5, 0.6) is 0 Å². The number of imide groups is 1. The van der Waals surface area contributed by atoms with Gasteiger partial charge in [0.05, 0.1) is 35.7 Å². The summed E-state index contributed by atoms with van der Waals surface area (Å²) in [5, 5.41) is 9.10. The first-order valence-electron chi connectivity index (χ1n) is 17.6. The SMILES string of the molecule is CCc1nn(-c2cccc3cc(-c4cnc(C(N)=O)c(CC=Cc5cccc6c5CN(C5CCC(=O)NC5=O)C6=O)c4)ncc23)c2c1CC(=O)N(C)C2. The highest BCUT2D eigenvalue weighted by Crippen LogP contribution is 2.33. The number of nitrogens with zero attached hydrogens (tertiary/aromatic N) is 6. The molecule has 1 unspecified atom stereocenters. The molecule has 0 aliphatic carbocycles. The van der Waals surface area contributed by atoms with Crippen LogP contribution in [-0.4, -0.2) is 72.2 Å². The molecule has 6 heterocycles. The molecule has 5 amide bonds. The van der Waals surface area contributed by atoms with Gasteiger partial charge in [-0.05, 0) is 65.6 Å². The van der Waals surface area contributed by atoms with Crippen molar-refractivity contribution in [2.24, 2.45) is 5.73 Å². The third-order valence-electron chi connectivity index (χ3n) is 10.4. The highest BCUT2D eigenvalue weighted by atomic mass is 16.2. The standard InChI is InChI=1S/C40H36N8O5/c1-3-30-27-17-36(50)46(2)21-34(27)48(45-30)32-12-6-9-23-16-31(42-19-28(23)32)25-15-24(37(38(41)51)43-18-25)10-4-7-22-8-5-11-26-29(22)20-47(40(26)53)33-13-14-35(49)44-39(33)52/h4-9,11-12,15-16,18-19,33H,3,10,13-14,17,20-21H2,1-2H3,(H2,41,51)(H,44,49,52). The summed E-state index contributed by atoms with van der Waals surface area (Å²) in [6, 6.07) is 14.6. The molecule has 0 spiro atoms. The Balaban J connectivity index is 1.07. The van der Waals surface area contributed by atoms with Crippen molar-refractivity contribution < 1.29 is 24.0 Å². The predicted octanol–water partition coefficient (Wildman–Crippen LogP) is 3.68. The number of aromatic nitrogens is 4. The molecular formula is C40H36N8O5. The summed E-state index contributed by atoms with van der Waals surface area (Å²) in [4.78, 5) is 74.9. The topological polar surface area (TPSA) is 173 Å². The molecule has 13 nitrogen and oxygen atoms in total. The van der Waals surface area contributed by atoms with E-state index in [2.05, 4.69) is 10.3 Å². The molecule has 3 N–H and O–H groups in total. The van der Waals surface area contributed by atoms with E-state index in [1.807, 2.05) is 66.4 Å². The Morgan fingerprint density at radius 2 is 1.85 bits per heavy atom. The Labute approximate surface area is 304 Å². The largest absolute Gasteiger partial charge is 0.364 e. The average Bonchev–Trinajstić information content (AvgIpc) is 3.68. The van der Waals surface area contributed by atoms with Gasteiger partial charge in [0, 0.05) is 54.5 Å². The Bertz CT molecular complexity index is 2430. The smallest absolute Gasteiger partial charge is 0.267 e. The van der Waals surface area contributed by atoms with Gasteiger partial charge in [-0.15, -0.1) is 0 Å². The molecule has 1 fully saturated rings. The highest BCUT2D eigenvalue weighted by Gasteiger charge is 2.39. The quantitative estimate of drug-likeness (QED) is 0.230. The molecule has 3 aliphatic heterocycles. The summed E-state index contributed by atoms with van der Waals surface area (Å²) in [7, 11) is 1.81. The van der Waals surface area contributed by atoms with Crippen LogP contribution in [0.1, 0.15) is 74.3 Å². The summed E-state index contributed by atoms with van der Waals surface area (Å²) in [5.74, 6) is -1.60. The van der Waals surface area contributed by atoms with E-state index >= 15 is 0 Å². The minimum Gasteiger partial charge on any atom is -0.364 e. The van der Waals surface area contributed by atoms with Crippen LogP contribution in [-0.2, 0) is 46.7 Å². The molecule has 0 bridgehead atoms. The van der Waals surface area contributed by atoms with E-state index in [1.54, 1.807) is 30.3 Å². The number of hydrogen-bond donors (Lipinski definition) is 2. The van der Waals surface area contributed by atoms with Crippen molar-refractivity contribution in [3.05, 3.63) is 112 Å². The molecule has 1 saturated heterocycles. The molecule has 53 heavy (non-hydrogen) atoms. The van der Waals surface area contributed by atoms with Gasteiger partial charge in [-0.3, -0.25) is 39.3 Å². The third kappa shape index (κ3) is 5.93. The van der Waals surface area contributed by atoms with Gasteiger partial charge >= 0.3 is 0 Å². The first-order chi connectivity index (χ1) is 25.6. The molecular weight excluding hydrogens is 672 g/mol. The lowest BCUT2D eigenvalue weighted by molar-refractivity contribution is -0.137. The fourth-order valence-electron chi connectivity index (χ4n) is 7.59. The number of aryl methyl sites for hydroxylation is 1. The molecule has 0 radical (unpaired) electrons. The maximum Gasteiger partial charge on any atom is 0.267 e. The number of piperidine rings is 1. The average molecular weight is 709 g/mol. The third-order valence-corrected chi connectivity index (χ3v) is 10.4. The lowest BCUT2D eigenvalue weighted by atomic mass is 10.0. The summed E-state index contributed by atoms with van der Waals surface area (Å²) in [6.07, 6.45) is 9.04. The second kappa shape index (κ2) is 13.2. The van der Waals surface area contributed by atoms with Crippen LogP contribution < -0.4 is 11.1 Å². The second-order valence-electron chi connectivity index (χ2n) is 13.6. The monoisotopic (exact) mass is 708 g/mol. The zero-order valence-corrected chi connectivity index (χ0v) is 29.3. The number of amides is 5. The van der Waals surface area contributed by atoms with Crippen LogP contribution in [0, 0.1) is 0 Å². The van der Waals surface area contributed by atoms with E-state index < -0.39 is 17.9 Å². The van der Waals surface area contributed by atoms with Crippen molar-refractivity contribution in [1.82, 2.24) is 34.9 Å². The van der Waals surface area contributed by atoms with Crippen LogP contribution in [0.3, 0.4) is 0 Å². The van der Waals surface area contributed by atoms with E-state index in [0.29, 0.717) is 41.8 Å². The molecule has 266 valence electrons. The van der Waals surface area contributed by atoms with E-state index in [1.165, 1.54) is 4.90 Å². The Hall–Kier alpha value is -6.50. The van der Waals surface area contributed by atoms with Crippen LogP contribution >= 0.6 is 0 Å². The van der Waals surface area contributed by atoms with E-state index in [-0.39, 0.29) is 42.8 Å². The van der Waals surface area contributed by atoms with Crippen LogP contribution in [0.4, 0.5) is 0 Å². The molecule has 5 aromatic rings. The van der Waals surface area contributed by atoms with Gasteiger partial charge in [-0.1, -0.05) is 43.3 Å². The lowest BCUT2D eigenvalue weighted by Crippen LogP contribution is -2.52. The van der Waals surface area contributed by atoms with E-state index in [4.69, 9.17) is 15.8 Å². The summed E-state index contributed by atoms with van der Waals surface area (Å²) < 4.78 is 1.94. The zero-order chi connectivity index (χ0) is 37.0. The number of nitrogens with one attached hydrogen (secondary N) is 1. The van der Waals surface area contributed by atoms with Crippen molar-refractivity contribution in [3.8, 4) is 16.9 Å². The maximum absolute atomic E-state index is 13.3. The molecule has 3 aliphatic rings.